The molecule has 1 aromatic heterocycles. The van der Waals surface area contributed by atoms with Crippen LogP contribution in [0.4, 0.5) is 4.39 Å². The Hall–Kier alpha value is -0.980. The highest BCUT2D eigenvalue weighted by Crippen LogP contribution is 2.29. The third-order valence-corrected chi connectivity index (χ3v) is 3.66. The van der Waals surface area contributed by atoms with Crippen molar-refractivity contribution in [1.82, 2.24) is 10.2 Å². The molecular formula is C10H10FN3S2. The number of nitrogens with two attached hydrogens (primary N) is 1. The molecule has 84 valence electrons. The molecule has 0 fully saturated rings. The maximum Gasteiger partial charge on any atom is 0.178 e. The van der Waals surface area contributed by atoms with Gasteiger partial charge in [0.15, 0.2) is 4.34 Å². The molecule has 2 N–H and O–H groups in total. The average molecular weight is 255 g/mol. The van der Waals surface area contributed by atoms with E-state index in [4.69, 9.17) is 5.73 Å². The summed E-state index contributed by atoms with van der Waals surface area (Å²) in [6, 6.07) is 4.94. The molecule has 2 aromatic rings. The quantitative estimate of drug-likeness (QED) is 0.911. The van der Waals surface area contributed by atoms with Gasteiger partial charge in [-0.2, -0.15) is 0 Å². The molecule has 1 aromatic carbocycles. The van der Waals surface area contributed by atoms with Crippen molar-refractivity contribution in [3.05, 3.63) is 35.1 Å². The van der Waals surface area contributed by atoms with Crippen LogP contribution in [0.3, 0.4) is 0 Å². The van der Waals surface area contributed by atoms with Crippen LogP contribution in [0.2, 0.25) is 0 Å². The van der Waals surface area contributed by atoms with Crippen molar-refractivity contribution < 1.29 is 4.39 Å². The van der Waals surface area contributed by atoms with E-state index in [1.807, 2.05) is 6.07 Å². The van der Waals surface area contributed by atoms with Gasteiger partial charge >= 0.3 is 0 Å². The lowest BCUT2D eigenvalue weighted by molar-refractivity contribution is 0.621. The van der Waals surface area contributed by atoms with Gasteiger partial charge in [-0.1, -0.05) is 23.1 Å². The summed E-state index contributed by atoms with van der Waals surface area (Å²) in [5, 5.41) is 7.63. The molecule has 0 saturated carbocycles. The summed E-state index contributed by atoms with van der Waals surface area (Å²) >= 11 is 2.85. The molecular weight excluding hydrogens is 245 g/mol. The van der Waals surface area contributed by atoms with Crippen molar-refractivity contribution in [2.45, 2.75) is 15.7 Å². The Morgan fingerprint density at radius 2 is 2.25 bits per heavy atom. The fourth-order valence-electron chi connectivity index (χ4n) is 1.30. The number of nitrogens with zero attached hydrogens (tertiary/aromatic N) is 2. The first-order chi connectivity index (χ1) is 7.78. The molecule has 0 amide bonds. The fourth-order valence-corrected chi connectivity index (χ4v) is 2.86. The lowest BCUT2D eigenvalue weighted by atomic mass is 10.1. The monoisotopic (exact) mass is 255 g/mol. The van der Waals surface area contributed by atoms with E-state index in [-0.39, 0.29) is 5.82 Å². The van der Waals surface area contributed by atoms with E-state index in [2.05, 4.69) is 10.2 Å². The number of aromatic nitrogens is 2. The van der Waals surface area contributed by atoms with Crippen LogP contribution in [0.5, 0.6) is 0 Å². The Labute approximate surface area is 101 Å². The molecule has 0 aliphatic rings. The number of halogens is 1. The van der Waals surface area contributed by atoms with Crippen molar-refractivity contribution >= 4 is 23.1 Å². The highest BCUT2D eigenvalue weighted by Gasteiger charge is 2.04. The van der Waals surface area contributed by atoms with Crippen molar-refractivity contribution in [2.75, 3.05) is 6.54 Å². The van der Waals surface area contributed by atoms with Gasteiger partial charge in [-0.3, -0.25) is 0 Å². The molecule has 16 heavy (non-hydrogen) atoms. The molecule has 0 radical (unpaired) electrons. The van der Waals surface area contributed by atoms with Crippen molar-refractivity contribution in [3.63, 3.8) is 0 Å². The van der Waals surface area contributed by atoms with Gasteiger partial charge in [0.2, 0.25) is 0 Å². The molecule has 3 nitrogen and oxygen atoms in total. The van der Waals surface area contributed by atoms with E-state index in [9.17, 15) is 4.39 Å². The van der Waals surface area contributed by atoms with E-state index in [0.717, 1.165) is 14.8 Å². The molecule has 0 unspecified atom stereocenters. The van der Waals surface area contributed by atoms with Crippen molar-refractivity contribution in [1.29, 1.82) is 0 Å². The summed E-state index contributed by atoms with van der Waals surface area (Å²) in [5.74, 6) is -0.238. The molecule has 0 atom stereocenters. The van der Waals surface area contributed by atoms with Crippen LogP contribution in [0.15, 0.2) is 32.9 Å². The Kier molecular flexibility index (Phi) is 3.87. The first-order valence-corrected chi connectivity index (χ1v) is 6.41. The second kappa shape index (κ2) is 5.38. The molecule has 0 aliphatic carbocycles. The van der Waals surface area contributed by atoms with E-state index < -0.39 is 0 Å². The number of benzene rings is 1. The zero-order chi connectivity index (χ0) is 11.4. The second-order valence-electron chi connectivity index (χ2n) is 3.14. The number of hydrogen-bond acceptors (Lipinski definition) is 5. The molecule has 0 bridgehead atoms. The van der Waals surface area contributed by atoms with Gasteiger partial charge in [-0.15, -0.1) is 10.2 Å². The second-order valence-corrected chi connectivity index (χ2v) is 5.29. The van der Waals surface area contributed by atoms with Gasteiger partial charge in [0.25, 0.3) is 0 Å². The first kappa shape index (κ1) is 11.5. The molecule has 6 heteroatoms. The van der Waals surface area contributed by atoms with Crippen LogP contribution >= 0.6 is 23.1 Å². The smallest absolute Gasteiger partial charge is 0.178 e. The minimum absolute atomic E-state index is 0.238. The van der Waals surface area contributed by atoms with Gasteiger partial charge in [0.05, 0.1) is 0 Å². The minimum Gasteiger partial charge on any atom is -0.330 e. The van der Waals surface area contributed by atoms with E-state index in [1.54, 1.807) is 5.51 Å². The summed E-state index contributed by atoms with van der Waals surface area (Å²) in [6.45, 7) is 0.520. The van der Waals surface area contributed by atoms with E-state index in [0.29, 0.717) is 13.0 Å². The SMILES string of the molecule is NCCc1cc(F)cc(Sc2nncs2)c1. The normalized spacial score (nSPS) is 10.6. The summed E-state index contributed by atoms with van der Waals surface area (Å²) in [4.78, 5) is 0.834. The summed E-state index contributed by atoms with van der Waals surface area (Å²) in [6.07, 6.45) is 0.682. The summed E-state index contributed by atoms with van der Waals surface area (Å²) < 4.78 is 14.1. The average Bonchev–Trinajstić information content (AvgIpc) is 2.70. The predicted octanol–water partition coefficient (Wildman–Crippen LogP) is 2.33. The van der Waals surface area contributed by atoms with Gasteiger partial charge in [0.1, 0.15) is 11.3 Å². The van der Waals surface area contributed by atoms with E-state index >= 15 is 0 Å². The van der Waals surface area contributed by atoms with E-state index in [1.165, 1.54) is 35.2 Å². The van der Waals surface area contributed by atoms with Crippen LogP contribution in [-0.4, -0.2) is 16.7 Å². The molecule has 1 heterocycles. The van der Waals surface area contributed by atoms with Gasteiger partial charge in [-0.25, -0.2) is 4.39 Å². The van der Waals surface area contributed by atoms with Crippen LogP contribution in [0.1, 0.15) is 5.56 Å². The summed E-state index contributed by atoms with van der Waals surface area (Å²) in [5.41, 5.74) is 8.01. The maximum absolute atomic E-state index is 13.3. The highest BCUT2D eigenvalue weighted by atomic mass is 32.2. The van der Waals surface area contributed by atoms with Crippen LogP contribution in [0, 0.1) is 5.82 Å². The van der Waals surface area contributed by atoms with Crippen LogP contribution in [0.25, 0.3) is 0 Å². The molecule has 0 saturated heterocycles. The standard InChI is InChI=1S/C10H10FN3S2/c11-8-3-7(1-2-12)4-9(5-8)16-10-14-13-6-15-10/h3-6H,1-2,12H2. The zero-order valence-corrected chi connectivity index (χ0v) is 10.0. The lowest BCUT2D eigenvalue weighted by Gasteiger charge is -2.03. The zero-order valence-electron chi connectivity index (χ0n) is 8.39. The Balaban J connectivity index is 2.20. The summed E-state index contributed by atoms with van der Waals surface area (Å²) in [7, 11) is 0. The minimum atomic E-state index is -0.238. The van der Waals surface area contributed by atoms with Gasteiger partial charge in [0, 0.05) is 4.90 Å². The maximum atomic E-state index is 13.3. The Morgan fingerprint density at radius 1 is 1.38 bits per heavy atom. The predicted molar refractivity (Wildman–Crippen MR) is 63.2 cm³/mol. The van der Waals surface area contributed by atoms with Crippen LogP contribution in [-0.2, 0) is 6.42 Å². The topological polar surface area (TPSA) is 51.8 Å². The van der Waals surface area contributed by atoms with Gasteiger partial charge < -0.3 is 5.73 Å². The van der Waals surface area contributed by atoms with Crippen LogP contribution < -0.4 is 5.73 Å². The third kappa shape index (κ3) is 3.01. The third-order valence-electron chi connectivity index (χ3n) is 1.91. The molecule has 2 rings (SSSR count). The Morgan fingerprint density at radius 3 is 2.94 bits per heavy atom. The number of rotatable bonds is 4. The van der Waals surface area contributed by atoms with Gasteiger partial charge in [-0.05, 0) is 36.7 Å². The Bertz CT molecular complexity index is 459. The van der Waals surface area contributed by atoms with Crippen molar-refractivity contribution in [3.8, 4) is 0 Å². The highest BCUT2D eigenvalue weighted by molar-refractivity contribution is 8.01. The largest absolute Gasteiger partial charge is 0.330 e. The molecule has 0 spiro atoms. The number of hydrogen-bond donors (Lipinski definition) is 1. The molecule has 0 aliphatic heterocycles. The first-order valence-electron chi connectivity index (χ1n) is 4.71. The fraction of sp³-hybridized carbons (Fsp3) is 0.200. The lowest BCUT2D eigenvalue weighted by Crippen LogP contribution is -2.02. The van der Waals surface area contributed by atoms with Crippen molar-refractivity contribution in [2.24, 2.45) is 5.73 Å².